The first-order valence-electron chi connectivity index (χ1n) is 6.02. The van der Waals surface area contributed by atoms with Crippen LogP contribution in [0.25, 0.3) is 0 Å². The van der Waals surface area contributed by atoms with Crippen molar-refractivity contribution in [2.24, 2.45) is 0 Å². The van der Waals surface area contributed by atoms with Crippen molar-refractivity contribution in [2.45, 2.75) is 38.5 Å². The van der Waals surface area contributed by atoms with Gasteiger partial charge in [0.15, 0.2) is 6.10 Å². The summed E-state index contributed by atoms with van der Waals surface area (Å²) in [7, 11) is 0. The molecule has 1 atom stereocenters. The summed E-state index contributed by atoms with van der Waals surface area (Å²) in [5.41, 5.74) is -1.05. The molecule has 0 aliphatic carbocycles. The second-order valence-electron chi connectivity index (χ2n) is 4.23. The fourth-order valence-corrected chi connectivity index (χ4v) is 1.81. The van der Waals surface area contributed by atoms with Gasteiger partial charge in [0.25, 0.3) is 0 Å². The number of carboxylic acids is 1. The average molecular weight is 311 g/mol. The normalized spacial score (nSPS) is 13.1. The molecule has 0 aliphatic rings. The van der Waals surface area contributed by atoms with Gasteiger partial charge in [0, 0.05) is 0 Å². The summed E-state index contributed by atoms with van der Waals surface area (Å²) in [6, 6.07) is 2.97. The number of halogens is 4. The van der Waals surface area contributed by atoms with Gasteiger partial charge in [0.05, 0.1) is 10.6 Å². The summed E-state index contributed by atoms with van der Waals surface area (Å²) in [6.07, 6.45) is -4.18. The van der Waals surface area contributed by atoms with Crippen molar-refractivity contribution in [3.05, 3.63) is 28.8 Å². The number of hydrogen-bond donors (Lipinski definition) is 1. The molecule has 0 saturated carbocycles. The Kier molecular flexibility index (Phi) is 5.68. The molecule has 0 spiro atoms. The maximum absolute atomic E-state index is 12.7. The van der Waals surface area contributed by atoms with Gasteiger partial charge in [-0.2, -0.15) is 13.2 Å². The Hall–Kier alpha value is -1.43. The van der Waals surface area contributed by atoms with Crippen molar-refractivity contribution in [2.75, 3.05) is 0 Å². The van der Waals surface area contributed by atoms with E-state index in [1.807, 2.05) is 6.92 Å². The summed E-state index contributed by atoms with van der Waals surface area (Å²) in [6.45, 7) is 1.88. The van der Waals surface area contributed by atoms with Crippen molar-refractivity contribution < 1.29 is 27.8 Å². The van der Waals surface area contributed by atoms with Crippen molar-refractivity contribution in [3.63, 3.8) is 0 Å². The van der Waals surface area contributed by atoms with E-state index >= 15 is 0 Å². The van der Waals surface area contributed by atoms with Crippen LogP contribution in [0.4, 0.5) is 13.2 Å². The molecule has 0 aromatic heterocycles. The second-order valence-corrected chi connectivity index (χ2v) is 4.63. The van der Waals surface area contributed by atoms with E-state index < -0.39 is 28.8 Å². The highest BCUT2D eigenvalue weighted by atomic mass is 35.5. The molecule has 0 fully saturated rings. The number of alkyl halides is 3. The van der Waals surface area contributed by atoms with Crippen molar-refractivity contribution >= 4 is 17.6 Å². The van der Waals surface area contributed by atoms with Crippen molar-refractivity contribution in [1.29, 1.82) is 0 Å². The maximum Gasteiger partial charge on any atom is 0.417 e. The number of carboxylic acid groups (broad SMARTS) is 1. The lowest BCUT2D eigenvalue weighted by Gasteiger charge is -2.16. The molecule has 1 N–H and O–H groups in total. The van der Waals surface area contributed by atoms with Crippen LogP contribution in [0.3, 0.4) is 0 Å². The zero-order valence-corrected chi connectivity index (χ0v) is 11.5. The third-order valence-electron chi connectivity index (χ3n) is 2.62. The Morgan fingerprint density at radius 1 is 1.45 bits per heavy atom. The quantitative estimate of drug-likeness (QED) is 0.848. The number of benzene rings is 1. The minimum atomic E-state index is -4.61. The van der Waals surface area contributed by atoms with E-state index in [0.29, 0.717) is 12.5 Å². The SMILES string of the molecule is CCCC[C@H](Oc1ccc(Cl)c(C(F)(F)F)c1)C(=O)O. The van der Waals surface area contributed by atoms with Crippen LogP contribution in [0.1, 0.15) is 31.7 Å². The second kappa shape index (κ2) is 6.83. The van der Waals surface area contributed by atoms with E-state index in [2.05, 4.69) is 0 Å². The number of rotatable bonds is 6. The van der Waals surface area contributed by atoms with E-state index in [9.17, 15) is 18.0 Å². The highest BCUT2D eigenvalue weighted by molar-refractivity contribution is 6.31. The number of carbonyl (C=O) groups is 1. The Labute approximate surface area is 119 Å². The van der Waals surface area contributed by atoms with Gasteiger partial charge in [-0.3, -0.25) is 0 Å². The summed E-state index contributed by atoms with van der Waals surface area (Å²) in [5.74, 6) is -1.37. The predicted molar refractivity (Wildman–Crippen MR) is 68.0 cm³/mol. The van der Waals surface area contributed by atoms with Gasteiger partial charge < -0.3 is 9.84 Å². The first kappa shape index (κ1) is 16.6. The summed E-state index contributed by atoms with van der Waals surface area (Å²) < 4.78 is 43.1. The number of unbranched alkanes of at least 4 members (excludes halogenated alkanes) is 1. The third kappa shape index (κ3) is 4.59. The molecule has 7 heteroatoms. The number of hydrogen-bond acceptors (Lipinski definition) is 2. The number of aliphatic carboxylic acids is 1. The van der Waals surface area contributed by atoms with Crippen LogP contribution in [-0.4, -0.2) is 17.2 Å². The molecule has 0 unspecified atom stereocenters. The number of ether oxygens (including phenoxy) is 1. The van der Waals surface area contributed by atoms with Crippen LogP contribution in [0, 0.1) is 0 Å². The summed E-state index contributed by atoms with van der Waals surface area (Å²) in [5, 5.41) is 8.52. The molecule has 0 amide bonds. The molecule has 0 heterocycles. The molecule has 1 aromatic rings. The molecule has 20 heavy (non-hydrogen) atoms. The third-order valence-corrected chi connectivity index (χ3v) is 2.95. The van der Waals surface area contributed by atoms with Crippen molar-refractivity contribution in [3.8, 4) is 5.75 Å². The highest BCUT2D eigenvalue weighted by Gasteiger charge is 2.34. The lowest BCUT2D eigenvalue weighted by molar-refractivity contribution is -0.145. The van der Waals surface area contributed by atoms with E-state index in [0.717, 1.165) is 12.5 Å². The molecule has 1 rings (SSSR count). The zero-order chi connectivity index (χ0) is 15.3. The van der Waals surface area contributed by atoms with E-state index in [1.165, 1.54) is 6.07 Å². The van der Waals surface area contributed by atoms with Gasteiger partial charge in [-0.25, -0.2) is 4.79 Å². The van der Waals surface area contributed by atoms with Crippen LogP contribution in [-0.2, 0) is 11.0 Å². The van der Waals surface area contributed by atoms with Gasteiger partial charge in [-0.05, 0) is 31.0 Å². The largest absolute Gasteiger partial charge is 0.479 e. The highest BCUT2D eigenvalue weighted by Crippen LogP contribution is 2.37. The van der Waals surface area contributed by atoms with Crippen LogP contribution in [0.5, 0.6) is 5.75 Å². The van der Waals surface area contributed by atoms with E-state index in [1.54, 1.807) is 0 Å². The Morgan fingerprint density at radius 3 is 2.60 bits per heavy atom. The van der Waals surface area contributed by atoms with Gasteiger partial charge in [0.2, 0.25) is 0 Å². The molecular weight excluding hydrogens is 297 g/mol. The Balaban J connectivity index is 2.94. The molecule has 1 aromatic carbocycles. The maximum atomic E-state index is 12.7. The molecular formula is C13H14ClF3O3. The minimum Gasteiger partial charge on any atom is -0.479 e. The molecule has 0 radical (unpaired) electrons. The molecule has 0 aliphatic heterocycles. The zero-order valence-electron chi connectivity index (χ0n) is 10.7. The van der Waals surface area contributed by atoms with E-state index in [-0.39, 0.29) is 12.2 Å². The summed E-state index contributed by atoms with van der Waals surface area (Å²) >= 11 is 5.47. The minimum absolute atomic E-state index is 0.162. The predicted octanol–water partition coefficient (Wildman–Crippen LogP) is 4.38. The van der Waals surface area contributed by atoms with Crippen LogP contribution in [0.15, 0.2) is 18.2 Å². The topological polar surface area (TPSA) is 46.5 Å². The average Bonchev–Trinajstić information content (AvgIpc) is 2.34. The fraction of sp³-hybridized carbons (Fsp3) is 0.462. The molecule has 3 nitrogen and oxygen atoms in total. The van der Waals surface area contributed by atoms with Gasteiger partial charge >= 0.3 is 12.1 Å². The van der Waals surface area contributed by atoms with Gasteiger partial charge in [-0.1, -0.05) is 24.9 Å². The monoisotopic (exact) mass is 310 g/mol. The van der Waals surface area contributed by atoms with Gasteiger partial charge in [-0.15, -0.1) is 0 Å². The molecule has 0 saturated heterocycles. The molecule has 112 valence electrons. The van der Waals surface area contributed by atoms with Crippen LogP contribution >= 0.6 is 11.6 Å². The smallest absolute Gasteiger partial charge is 0.417 e. The Morgan fingerprint density at radius 2 is 2.10 bits per heavy atom. The van der Waals surface area contributed by atoms with Gasteiger partial charge in [0.1, 0.15) is 5.75 Å². The lowest BCUT2D eigenvalue weighted by atomic mass is 10.1. The van der Waals surface area contributed by atoms with E-state index in [4.69, 9.17) is 21.4 Å². The fourth-order valence-electron chi connectivity index (χ4n) is 1.58. The Bertz CT molecular complexity index is 474. The first-order chi connectivity index (χ1) is 9.25. The van der Waals surface area contributed by atoms with Crippen LogP contribution in [0.2, 0.25) is 5.02 Å². The van der Waals surface area contributed by atoms with Crippen molar-refractivity contribution in [1.82, 2.24) is 0 Å². The first-order valence-corrected chi connectivity index (χ1v) is 6.39. The molecule has 0 bridgehead atoms. The van der Waals surface area contributed by atoms with Crippen LogP contribution < -0.4 is 4.74 Å². The lowest BCUT2D eigenvalue weighted by Crippen LogP contribution is -2.27. The standard InChI is InChI=1S/C13H14ClF3O3/c1-2-3-4-11(12(18)19)20-8-5-6-10(14)9(7-8)13(15,16)17/h5-7,11H,2-4H2,1H3,(H,18,19)/t11-/m0/s1. The summed E-state index contributed by atoms with van der Waals surface area (Å²) in [4.78, 5) is 11.0.